The maximum atomic E-state index is 12.2. The molecule has 0 aliphatic rings. The molecule has 7 heteroatoms. The smallest absolute Gasteiger partial charge is 0.271 e. The zero-order valence-electron chi connectivity index (χ0n) is 14.8. The van der Waals surface area contributed by atoms with Crippen molar-refractivity contribution in [3.63, 3.8) is 0 Å². The van der Waals surface area contributed by atoms with Crippen molar-refractivity contribution in [2.45, 2.75) is 6.42 Å². The second-order valence-electron chi connectivity index (χ2n) is 5.79. The van der Waals surface area contributed by atoms with Gasteiger partial charge in [0.1, 0.15) is 5.75 Å². The van der Waals surface area contributed by atoms with E-state index in [9.17, 15) is 4.79 Å². The third kappa shape index (κ3) is 5.43. The lowest BCUT2D eigenvalue weighted by Crippen LogP contribution is -2.26. The van der Waals surface area contributed by atoms with Gasteiger partial charge in [0.05, 0.1) is 7.11 Å². The van der Waals surface area contributed by atoms with Crippen LogP contribution in [-0.2, 0) is 6.42 Å². The Morgan fingerprint density at radius 1 is 1.07 bits per heavy atom. The van der Waals surface area contributed by atoms with E-state index in [4.69, 9.17) is 16.3 Å². The molecule has 27 heavy (non-hydrogen) atoms. The Labute approximate surface area is 162 Å². The summed E-state index contributed by atoms with van der Waals surface area (Å²) in [6, 6.07) is 18.3. The molecule has 2 N–H and O–H groups in total. The van der Waals surface area contributed by atoms with Crippen molar-refractivity contribution >= 4 is 29.0 Å². The third-order valence-electron chi connectivity index (χ3n) is 3.85. The zero-order chi connectivity index (χ0) is 19.1. The Hall–Kier alpha value is -3.12. The molecular weight excluding hydrogens is 364 g/mol. The average Bonchev–Trinajstić information content (AvgIpc) is 2.70. The summed E-state index contributed by atoms with van der Waals surface area (Å²) in [5.74, 6) is 1.09. The van der Waals surface area contributed by atoms with Crippen LogP contribution >= 0.6 is 11.6 Å². The third-order valence-corrected chi connectivity index (χ3v) is 4.10. The lowest BCUT2D eigenvalue weighted by Gasteiger charge is -2.07. The van der Waals surface area contributed by atoms with Gasteiger partial charge in [-0.25, -0.2) is 0 Å². The number of nitrogens with one attached hydrogen (secondary N) is 2. The number of hydrogen-bond donors (Lipinski definition) is 2. The fraction of sp³-hybridized carbons (Fsp3) is 0.150. The van der Waals surface area contributed by atoms with Crippen molar-refractivity contribution in [3.05, 3.63) is 76.9 Å². The van der Waals surface area contributed by atoms with Crippen LogP contribution in [0.5, 0.6) is 5.75 Å². The summed E-state index contributed by atoms with van der Waals surface area (Å²) >= 11 is 5.86. The monoisotopic (exact) mass is 382 g/mol. The molecule has 0 saturated carbocycles. The molecular formula is C20H19ClN4O2. The maximum Gasteiger partial charge on any atom is 0.271 e. The molecule has 3 aromatic rings. The molecule has 1 aromatic heterocycles. The highest BCUT2D eigenvalue weighted by Gasteiger charge is 2.08. The lowest BCUT2D eigenvalue weighted by molar-refractivity contribution is 0.0948. The van der Waals surface area contributed by atoms with Crippen LogP contribution in [0, 0.1) is 0 Å². The molecule has 0 spiro atoms. The number of benzene rings is 2. The van der Waals surface area contributed by atoms with E-state index in [1.165, 1.54) is 0 Å². The molecule has 138 valence electrons. The van der Waals surface area contributed by atoms with Gasteiger partial charge >= 0.3 is 0 Å². The Bertz CT molecular complexity index is 899. The van der Waals surface area contributed by atoms with Gasteiger partial charge in [-0.1, -0.05) is 23.7 Å². The van der Waals surface area contributed by atoms with Crippen molar-refractivity contribution in [2.75, 3.05) is 19.0 Å². The number of halogens is 1. The predicted octanol–water partition coefficient (Wildman–Crippen LogP) is 3.85. The number of ether oxygens (including phenoxy) is 1. The maximum absolute atomic E-state index is 12.2. The number of hydrogen-bond acceptors (Lipinski definition) is 5. The summed E-state index contributed by atoms with van der Waals surface area (Å²) in [4.78, 5) is 12.2. The van der Waals surface area contributed by atoms with Crippen LogP contribution in [0.2, 0.25) is 5.02 Å². The lowest BCUT2D eigenvalue weighted by atomic mass is 10.1. The molecule has 1 heterocycles. The second-order valence-corrected chi connectivity index (χ2v) is 6.23. The van der Waals surface area contributed by atoms with Gasteiger partial charge in [0, 0.05) is 17.3 Å². The molecule has 0 radical (unpaired) electrons. The van der Waals surface area contributed by atoms with E-state index in [1.807, 2.05) is 36.4 Å². The highest BCUT2D eigenvalue weighted by atomic mass is 35.5. The van der Waals surface area contributed by atoms with Crippen LogP contribution in [0.3, 0.4) is 0 Å². The molecule has 3 rings (SSSR count). The second kappa shape index (κ2) is 9.00. The van der Waals surface area contributed by atoms with Gasteiger partial charge in [-0.15, -0.1) is 10.2 Å². The van der Waals surface area contributed by atoms with Gasteiger partial charge in [0.2, 0.25) is 0 Å². The molecule has 0 bridgehead atoms. The van der Waals surface area contributed by atoms with Crippen LogP contribution in [0.25, 0.3) is 0 Å². The zero-order valence-corrected chi connectivity index (χ0v) is 15.5. The normalized spacial score (nSPS) is 10.3. The molecule has 0 fully saturated rings. The number of carbonyl (C=O) groups is 1. The summed E-state index contributed by atoms with van der Waals surface area (Å²) in [6.45, 7) is 0.498. The largest absolute Gasteiger partial charge is 0.497 e. The molecule has 0 unspecified atom stereocenters. The van der Waals surface area contributed by atoms with Gasteiger partial charge in [-0.3, -0.25) is 4.79 Å². The SMILES string of the molecule is COc1cccc(CCNC(=O)c2ccc(Nc3ccc(Cl)cc3)nn2)c1. The van der Waals surface area contributed by atoms with Crippen molar-refractivity contribution in [1.29, 1.82) is 0 Å². The minimum Gasteiger partial charge on any atom is -0.497 e. The van der Waals surface area contributed by atoms with Crippen LogP contribution in [0.1, 0.15) is 16.1 Å². The van der Waals surface area contributed by atoms with Crippen LogP contribution in [-0.4, -0.2) is 29.8 Å². The number of nitrogens with zero attached hydrogens (tertiary/aromatic N) is 2. The number of carbonyl (C=O) groups excluding carboxylic acids is 1. The van der Waals surface area contributed by atoms with E-state index in [1.54, 1.807) is 31.4 Å². The van der Waals surface area contributed by atoms with Crippen LogP contribution < -0.4 is 15.4 Å². The van der Waals surface area contributed by atoms with Crippen LogP contribution in [0.4, 0.5) is 11.5 Å². The summed E-state index contributed by atoms with van der Waals surface area (Å²) < 4.78 is 5.19. The van der Waals surface area contributed by atoms with Gasteiger partial charge in [0.25, 0.3) is 5.91 Å². The Balaban J connectivity index is 1.51. The Kier molecular flexibility index (Phi) is 6.22. The van der Waals surface area contributed by atoms with E-state index in [-0.39, 0.29) is 11.6 Å². The number of amides is 1. The number of methoxy groups -OCH3 is 1. The van der Waals surface area contributed by atoms with Gasteiger partial charge < -0.3 is 15.4 Å². The summed E-state index contributed by atoms with van der Waals surface area (Å²) in [5, 5.41) is 14.6. The van der Waals surface area contributed by atoms with Crippen LogP contribution in [0.15, 0.2) is 60.7 Å². The molecule has 0 aliphatic carbocycles. The average molecular weight is 383 g/mol. The van der Waals surface area contributed by atoms with E-state index in [2.05, 4.69) is 20.8 Å². The highest BCUT2D eigenvalue weighted by Crippen LogP contribution is 2.17. The number of aromatic nitrogens is 2. The summed E-state index contributed by atoms with van der Waals surface area (Å²) in [5.41, 5.74) is 2.19. The quantitative estimate of drug-likeness (QED) is 0.649. The first kappa shape index (κ1) is 18.7. The van der Waals surface area contributed by atoms with E-state index >= 15 is 0 Å². The van der Waals surface area contributed by atoms with Gasteiger partial charge in [-0.05, 0) is 60.5 Å². The Morgan fingerprint density at radius 2 is 1.89 bits per heavy atom. The topological polar surface area (TPSA) is 76.1 Å². The van der Waals surface area contributed by atoms with Crippen molar-refractivity contribution < 1.29 is 9.53 Å². The molecule has 2 aromatic carbocycles. The van der Waals surface area contributed by atoms with E-state index < -0.39 is 0 Å². The number of anilines is 2. The van der Waals surface area contributed by atoms with Crippen molar-refractivity contribution in [3.8, 4) is 5.75 Å². The molecule has 0 atom stereocenters. The molecule has 1 amide bonds. The molecule has 6 nitrogen and oxygen atoms in total. The van der Waals surface area contributed by atoms with Gasteiger partial charge in [0.15, 0.2) is 11.5 Å². The summed E-state index contributed by atoms with van der Waals surface area (Å²) in [7, 11) is 1.63. The van der Waals surface area contributed by atoms with E-state index in [0.29, 0.717) is 23.8 Å². The summed E-state index contributed by atoms with van der Waals surface area (Å²) in [6.07, 6.45) is 0.701. The first-order valence-electron chi connectivity index (χ1n) is 8.41. The van der Waals surface area contributed by atoms with Crippen molar-refractivity contribution in [1.82, 2.24) is 15.5 Å². The molecule has 0 saturated heterocycles. The predicted molar refractivity (Wildman–Crippen MR) is 106 cm³/mol. The fourth-order valence-electron chi connectivity index (χ4n) is 2.44. The highest BCUT2D eigenvalue weighted by molar-refractivity contribution is 6.30. The first-order valence-corrected chi connectivity index (χ1v) is 8.79. The fourth-order valence-corrected chi connectivity index (χ4v) is 2.57. The Morgan fingerprint density at radius 3 is 2.59 bits per heavy atom. The molecule has 0 aliphatic heterocycles. The standard InChI is InChI=1S/C20H19ClN4O2/c1-27-17-4-2-3-14(13-17)11-12-22-20(26)18-9-10-19(25-24-18)23-16-7-5-15(21)6-8-16/h2-10,13H,11-12H2,1H3,(H,22,26)(H,23,25). The van der Waals surface area contributed by atoms with Crippen molar-refractivity contribution in [2.24, 2.45) is 0 Å². The number of rotatable bonds is 7. The first-order chi connectivity index (χ1) is 13.1. The van der Waals surface area contributed by atoms with Gasteiger partial charge in [-0.2, -0.15) is 0 Å². The van der Waals surface area contributed by atoms with E-state index in [0.717, 1.165) is 17.0 Å². The minimum absolute atomic E-state index is 0.261. The minimum atomic E-state index is -0.261.